The highest BCUT2D eigenvalue weighted by molar-refractivity contribution is 5.74. The number of carbonyl (C=O) groups excluding carboxylic acids is 1. The van der Waals surface area contributed by atoms with Gasteiger partial charge in [0.05, 0.1) is 6.54 Å². The van der Waals surface area contributed by atoms with E-state index < -0.39 is 5.97 Å². The predicted octanol–water partition coefficient (Wildman–Crippen LogP) is -0.260. The normalized spacial score (nSPS) is 24.8. The van der Waals surface area contributed by atoms with E-state index in [1.807, 2.05) is 4.90 Å². The summed E-state index contributed by atoms with van der Waals surface area (Å²) in [5, 5.41) is 11.8. The summed E-state index contributed by atoms with van der Waals surface area (Å²) in [7, 11) is 2.12. The molecule has 0 aromatic heterocycles. The highest BCUT2D eigenvalue weighted by atomic mass is 16.4. The van der Waals surface area contributed by atoms with Crippen molar-refractivity contribution in [3.05, 3.63) is 0 Å². The zero-order valence-corrected chi connectivity index (χ0v) is 12.8. The second-order valence-electron chi connectivity index (χ2n) is 6.11. The van der Waals surface area contributed by atoms with Gasteiger partial charge in [0.15, 0.2) is 0 Å². The van der Waals surface area contributed by atoms with Crippen LogP contribution in [-0.2, 0) is 4.79 Å². The molecule has 0 spiro atoms. The molecule has 2 rings (SSSR count). The largest absolute Gasteiger partial charge is 0.480 e. The molecule has 2 amide bonds. The zero-order valence-electron chi connectivity index (χ0n) is 12.8. The molecule has 1 unspecified atom stereocenters. The number of carboxylic acid groups (broad SMARTS) is 1. The fraction of sp³-hybridized carbons (Fsp3) is 0.857. The van der Waals surface area contributed by atoms with Crippen molar-refractivity contribution < 1.29 is 14.7 Å². The third kappa shape index (κ3) is 5.17. The Bertz CT molecular complexity index is 369. The molecule has 7 nitrogen and oxygen atoms in total. The number of carboxylic acids is 1. The number of amides is 2. The summed E-state index contributed by atoms with van der Waals surface area (Å²) in [5.41, 5.74) is 0. The van der Waals surface area contributed by atoms with Crippen LogP contribution in [0.25, 0.3) is 0 Å². The van der Waals surface area contributed by atoms with Gasteiger partial charge in [0, 0.05) is 39.3 Å². The van der Waals surface area contributed by atoms with Crippen molar-refractivity contribution >= 4 is 12.0 Å². The molecule has 21 heavy (non-hydrogen) atoms. The van der Waals surface area contributed by atoms with Crippen molar-refractivity contribution in [1.29, 1.82) is 0 Å². The van der Waals surface area contributed by atoms with E-state index in [1.54, 1.807) is 4.90 Å². The lowest BCUT2D eigenvalue weighted by atomic mass is 9.99. The lowest BCUT2D eigenvalue weighted by Gasteiger charge is -2.35. The van der Waals surface area contributed by atoms with Crippen LogP contribution in [0.3, 0.4) is 0 Å². The molecule has 2 saturated heterocycles. The fourth-order valence-electron chi connectivity index (χ4n) is 3.08. The van der Waals surface area contributed by atoms with E-state index >= 15 is 0 Å². The summed E-state index contributed by atoms with van der Waals surface area (Å²) in [5.74, 6) is -0.268. The van der Waals surface area contributed by atoms with Gasteiger partial charge in [0.1, 0.15) is 0 Å². The molecule has 2 heterocycles. The summed E-state index contributed by atoms with van der Waals surface area (Å²) in [6, 6.07) is -0.0156. The maximum absolute atomic E-state index is 12.1. The van der Waals surface area contributed by atoms with Crippen LogP contribution in [0.2, 0.25) is 0 Å². The summed E-state index contributed by atoms with van der Waals surface area (Å²) < 4.78 is 0. The van der Waals surface area contributed by atoms with Gasteiger partial charge in [0.2, 0.25) is 0 Å². The van der Waals surface area contributed by atoms with Crippen LogP contribution < -0.4 is 5.32 Å². The van der Waals surface area contributed by atoms with E-state index in [4.69, 9.17) is 5.11 Å². The highest BCUT2D eigenvalue weighted by Crippen LogP contribution is 2.14. The number of rotatable bonds is 4. The van der Waals surface area contributed by atoms with Gasteiger partial charge >= 0.3 is 12.0 Å². The number of hydrogen-bond donors (Lipinski definition) is 2. The average molecular weight is 298 g/mol. The molecule has 0 aliphatic carbocycles. The van der Waals surface area contributed by atoms with Crippen molar-refractivity contribution in [3.8, 4) is 0 Å². The second-order valence-corrected chi connectivity index (χ2v) is 6.11. The van der Waals surface area contributed by atoms with E-state index in [0.717, 1.165) is 19.6 Å². The van der Waals surface area contributed by atoms with Gasteiger partial charge < -0.3 is 20.2 Å². The first-order valence-corrected chi connectivity index (χ1v) is 7.70. The molecule has 2 aliphatic heterocycles. The predicted molar refractivity (Wildman–Crippen MR) is 79.3 cm³/mol. The van der Waals surface area contributed by atoms with Gasteiger partial charge in [-0.25, -0.2) is 4.79 Å². The number of hydrogen-bond acceptors (Lipinski definition) is 4. The lowest BCUT2D eigenvalue weighted by molar-refractivity contribution is -0.138. The van der Waals surface area contributed by atoms with Crippen LogP contribution in [0.5, 0.6) is 0 Å². The maximum atomic E-state index is 12.1. The number of piperidine rings is 1. The topological polar surface area (TPSA) is 76.1 Å². The van der Waals surface area contributed by atoms with E-state index in [2.05, 4.69) is 17.3 Å². The van der Waals surface area contributed by atoms with E-state index in [-0.39, 0.29) is 12.6 Å². The Labute approximate surface area is 125 Å². The van der Waals surface area contributed by atoms with Gasteiger partial charge in [0.25, 0.3) is 0 Å². The Morgan fingerprint density at radius 3 is 2.52 bits per heavy atom. The number of likely N-dealkylation sites (tertiary alicyclic amines) is 1. The fourth-order valence-corrected chi connectivity index (χ4v) is 3.08. The van der Waals surface area contributed by atoms with Crippen molar-refractivity contribution in [1.82, 2.24) is 20.0 Å². The molecule has 0 saturated carbocycles. The zero-order chi connectivity index (χ0) is 15.2. The molecule has 0 bridgehead atoms. The van der Waals surface area contributed by atoms with Crippen molar-refractivity contribution in [3.63, 3.8) is 0 Å². The molecule has 120 valence electrons. The summed E-state index contributed by atoms with van der Waals surface area (Å²) in [6.07, 6.45) is 2.38. The first-order valence-electron chi connectivity index (χ1n) is 7.70. The van der Waals surface area contributed by atoms with Gasteiger partial charge in [-0.05, 0) is 32.4 Å². The highest BCUT2D eigenvalue weighted by Gasteiger charge is 2.23. The molecule has 0 aromatic rings. The van der Waals surface area contributed by atoms with Crippen LogP contribution >= 0.6 is 0 Å². The number of nitrogens with zero attached hydrogens (tertiary/aromatic N) is 3. The van der Waals surface area contributed by atoms with E-state index in [0.29, 0.717) is 32.1 Å². The Balaban J connectivity index is 1.66. The Morgan fingerprint density at radius 1 is 1.19 bits per heavy atom. The number of piperazine rings is 1. The molecule has 7 heteroatoms. The third-order valence-electron chi connectivity index (χ3n) is 4.28. The van der Waals surface area contributed by atoms with Crippen molar-refractivity contribution in [2.75, 3.05) is 59.4 Å². The van der Waals surface area contributed by atoms with Gasteiger partial charge in [-0.3, -0.25) is 9.69 Å². The molecule has 2 N–H and O–H groups in total. The first kappa shape index (κ1) is 16.0. The average Bonchev–Trinajstić information content (AvgIpc) is 2.45. The molecule has 0 radical (unpaired) electrons. The van der Waals surface area contributed by atoms with Crippen LogP contribution in [0.15, 0.2) is 0 Å². The minimum atomic E-state index is -0.811. The van der Waals surface area contributed by atoms with Crippen molar-refractivity contribution in [2.45, 2.75) is 12.8 Å². The third-order valence-corrected chi connectivity index (χ3v) is 4.28. The van der Waals surface area contributed by atoms with Crippen LogP contribution in [0, 0.1) is 5.92 Å². The Hall–Kier alpha value is -1.34. The van der Waals surface area contributed by atoms with Crippen LogP contribution in [0.1, 0.15) is 12.8 Å². The van der Waals surface area contributed by atoms with Gasteiger partial charge in [-0.1, -0.05) is 0 Å². The number of carbonyl (C=O) groups is 2. The monoisotopic (exact) mass is 298 g/mol. The SMILES string of the molecule is CN1CCCC(CNC(=O)N2CCN(CC(=O)O)CC2)C1. The van der Waals surface area contributed by atoms with Crippen LogP contribution in [0.4, 0.5) is 4.79 Å². The summed E-state index contributed by atoms with van der Waals surface area (Å²) in [6.45, 7) is 5.45. The lowest BCUT2D eigenvalue weighted by Crippen LogP contribution is -2.53. The van der Waals surface area contributed by atoms with E-state index in [9.17, 15) is 9.59 Å². The standard InChI is InChI=1S/C14H26N4O3/c1-16-4-2-3-12(10-16)9-15-14(21)18-7-5-17(6-8-18)11-13(19)20/h12H,2-11H2,1H3,(H,15,21)(H,19,20). The number of urea groups is 1. The molecule has 0 aromatic carbocycles. The Morgan fingerprint density at radius 2 is 1.90 bits per heavy atom. The van der Waals surface area contributed by atoms with Crippen LogP contribution in [-0.4, -0.2) is 91.2 Å². The smallest absolute Gasteiger partial charge is 0.317 e. The van der Waals surface area contributed by atoms with Crippen molar-refractivity contribution in [2.24, 2.45) is 5.92 Å². The van der Waals surface area contributed by atoms with Gasteiger partial charge in [-0.15, -0.1) is 0 Å². The first-order chi connectivity index (χ1) is 10.0. The van der Waals surface area contributed by atoms with Gasteiger partial charge in [-0.2, -0.15) is 0 Å². The number of nitrogens with one attached hydrogen (secondary N) is 1. The maximum Gasteiger partial charge on any atom is 0.317 e. The summed E-state index contributed by atoms with van der Waals surface area (Å²) >= 11 is 0. The molecular weight excluding hydrogens is 272 g/mol. The molecule has 1 atom stereocenters. The second kappa shape index (κ2) is 7.61. The summed E-state index contributed by atoms with van der Waals surface area (Å²) in [4.78, 5) is 28.7. The molecular formula is C14H26N4O3. The quantitative estimate of drug-likeness (QED) is 0.748. The molecule has 2 aliphatic rings. The van der Waals surface area contributed by atoms with E-state index in [1.165, 1.54) is 12.8 Å². The minimum absolute atomic E-state index is 0.0156. The molecule has 2 fully saturated rings. The Kier molecular flexibility index (Phi) is 5.81. The number of aliphatic carboxylic acids is 1. The minimum Gasteiger partial charge on any atom is -0.480 e.